The lowest BCUT2D eigenvalue weighted by atomic mass is 10.3. The summed E-state index contributed by atoms with van der Waals surface area (Å²) in [7, 11) is 0. The van der Waals surface area contributed by atoms with Gasteiger partial charge in [-0.2, -0.15) is 5.10 Å². The van der Waals surface area contributed by atoms with E-state index in [-0.39, 0.29) is 0 Å². The van der Waals surface area contributed by atoms with Gasteiger partial charge < -0.3 is 5.32 Å². The number of fused-ring (bicyclic) bond motifs is 1. The Balaban J connectivity index is 2.13. The van der Waals surface area contributed by atoms with Crippen LogP contribution in [-0.4, -0.2) is 14.8 Å². The summed E-state index contributed by atoms with van der Waals surface area (Å²) in [5, 5.41) is 7.61. The summed E-state index contributed by atoms with van der Waals surface area (Å²) in [6.07, 6.45) is 3.69. The number of aromatic nitrogens is 3. The van der Waals surface area contributed by atoms with Gasteiger partial charge in [0.25, 0.3) is 0 Å². The fourth-order valence-electron chi connectivity index (χ4n) is 1.74. The summed E-state index contributed by atoms with van der Waals surface area (Å²) in [6, 6.07) is 5.84. The van der Waals surface area contributed by atoms with E-state index in [1.165, 1.54) is 11.3 Å². The molecular weight excluding hydrogens is 176 g/mol. The van der Waals surface area contributed by atoms with Crippen LogP contribution < -0.4 is 5.32 Å². The predicted molar refractivity (Wildman–Crippen MR) is 51.9 cm³/mol. The minimum atomic E-state index is 0.881. The maximum Gasteiger partial charge on any atom is 0.153 e. The molecule has 4 heteroatoms. The third-order valence-electron chi connectivity index (χ3n) is 2.43. The summed E-state index contributed by atoms with van der Waals surface area (Å²) in [5.41, 5.74) is 2.50. The number of nitrogens with one attached hydrogen (secondary N) is 1. The Bertz CT molecular complexity index is 446. The minimum Gasteiger partial charge on any atom is -0.307 e. The third kappa shape index (κ3) is 1.04. The molecule has 70 valence electrons. The molecule has 0 saturated heterocycles. The maximum absolute atomic E-state index is 4.32. The van der Waals surface area contributed by atoms with Crippen molar-refractivity contribution in [3.63, 3.8) is 0 Å². The summed E-state index contributed by atoms with van der Waals surface area (Å²) in [4.78, 5) is 4.27. The van der Waals surface area contributed by atoms with E-state index in [2.05, 4.69) is 15.4 Å². The van der Waals surface area contributed by atoms with E-state index in [0.29, 0.717) is 0 Å². The summed E-state index contributed by atoms with van der Waals surface area (Å²) >= 11 is 0. The third-order valence-corrected chi connectivity index (χ3v) is 2.43. The second kappa shape index (κ2) is 2.92. The van der Waals surface area contributed by atoms with Crippen LogP contribution in [0.3, 0.4) is 0 Å². The van der Waals surface area contributed by atoms with Crippen molar-refractivity contribution in [2.75, 3.05) is 0 Å². The second-order valence-corrected chi connectivity index (χ2v) is 3.32. The monoisotopic (exact) mass is 186 g/mol. The quantitative estimate of drug-likeness (QED) is 0.718. The molecule has 0 aliphatic carbocycles. The zero-order chi connectivity index (χ0) is 9.38. The largest absolute Gasteiger partial charge is 0.307 e. The van der Waals surface area contributed by atoms with Crippen molar-refractivity contribution in [3.05, 3.63) is 41.9 Å². The summed E-state index contributed by atoms with van der Waals surface area (Å²) in [6.45, 7) is 1.80. The van der Waals surface area contributed by atoms with Crippen molar-refractivity contribution in [2.45, 2.75) is 13.1 Å². The van der Waals surface area contributed by atoms with Gasteiger partial charge in [0.15, 0.2) is 5.82 Å². The van der Waals surface area contributed by atoms with Crippen LogP contribution in [0.25, 0.3) is 5.82 Å². The van der Waals surface area contributed by atoms with Gasteiger partial charge >= 0.3 is 0 Å². The van der Waals surface area contributed by atoms with Gasteiger partial charge in [0.2, 0.25) is 0 Å². The van der Waals surface area contributed by atoms with Gasteiger partial charge in [-0.3, -0.25) is 0 Å². The molecule has 0 bridgehead atoms. The SMILES string of the molecule is c1ccc(-n2ncc3c2CNC3)nc1. The van der Waals surface area contributed by atoms with Crippen LogP contribution in [0.5, 0.6) is 0 Å². The van der Waals surface area contributed by atoms with Crippen LogP contribution in [0, 0.1) is 0 Å². The van der Waals surface area contributed by atoms with Crippen molar-refractivity contribution in [3.8, 4) is 5.82 Å². The van der Waals surface area contributed by atoms with Gasteiger partial charge in [0, 0.05) is 24.8 Å². The average Bonchev–Trinajstić information content (AvgIpc) is 2.79. The molecule has 0 unspecified atom stereocenters. The Hall–Kier alpha value is -1.68. The molecule has 0 amide bonds. The first-order valence-electron chi connectivity index (χ1n) is 4.63. The van der Waals surface area contributed by atoms with Crippen molar-refractivity contribution in [1.29, 1.82) is 0 Å². The number of hydrogen-bond donors (Lipinski definition) is 1. The Morgan fingerprint density at radius 3 is 3.14 bits per heavy atom. The van der Waals surface area contributed by atoms with Gasteiger partial charge in [-0.15, -0.1) is 0 Å². The maximum atomic E-state index is 4.32. The summed E-state index contributed by atoms with van der Waals surface area (Å²) in [5.74, 6) is 0.887. The van der Waals surface area contributed by atoms with Gasteiger partial charge in [0.1, 0.15) is 0 Å². The van der Waals surface area contributed by atoms with Gasteiger partial charge in [-0.25, -0.2) is 9.67 Å². The lowest BCUT2D eigenvalue weighted by Crippen LogP contribution is -2.08. The van der Waals surface area contributed by atoms with Crippen LogP contribution in [0.2, 0.25) is 0 Å². The highest BCUT2D eigenvalue weighted by atomic mass is 15.3. The van der Waals surface area contributed by atoms with Gasteiger partial charge in [-0.1, -0.05) is 6.07 Å². The number of pyridine rings is 1. The van der Waals surface area contributed by atoms with Crippen molar-refractivity contribution < 1.29 is 0 Å². The lowest BCUT2D eigenvalue weighted by molar-refractivity contribution is 0.704. The van der Waals surface area contributed by atoms with Crippen molar-refractivity contribution >= 4 is 0 Å². The van der Waals surface area contributed by atoms with Crippen molar-refractivity contribution in [1.82, 2.24) is 20.1 Å². The Labute approximate surface area is 81.6 Å². The molecule has 2 aromatic heterocycles. The van der Waals surface area contributed by atoms with E-state index in [4.69, 9.17) is 0 Å². The normalized spacial score (nSPS) is 14.3. The van der Waals surface area contributed by atoms with E-state index in [1.807, 2.05) is 29.1 Å². The van der Waals surface area contributed by atoms with Crippen LogP contribution in [0.1, 0.15) is 11.3 Å². The Morgan fingerprint density at radius 2 is 2.29 bits per heavy atom. The van der Waals surface area contributed by atoms with Crippen LogP contribution in [-0.2, 0) is 13.1 Å². The molecule has 1 aliphatic heterocycles. The number of nitrogens with zero attached hydrogens (tertiary/aromatic N) is 3. The standard InChI is InChI=1S/C10H10N4/c1-2-4-12-10(3-1)14-9-7-11-5-8(9)6-13-14/h1-4,6,11H,5,7H2. The smallest absolute Gasteiger partial charge is 0.153 e. The highest BCUT2D eigenvalue weighted by Gasteiger charge is 2.16. The average molecular weight is 186 g/mol. The molecule has 14 heavy (non-hydrogen) atoms. The van der Waals surface area contributed by atoms with Crippen molar-refractivity contribution in [2.24, 2.45) is 0 Å². The van der Waals surface area contributed by atoms with Gasteiger partial charge in [0.05, 0.1) is 11.9 Å². The molecule has 0 aromatic carbocycles. The van der Waals surface area contributed by atoms with Crippen LogP contribution >= 0.6 is 0 Å². The first kappa shape index (κ1) is 7.70. The fraction of sp³-hybridized carbons (Fsp3) is 0.200. The van der Waals surface area contributed by atoms with E-state index < -0.39 is 0 Å². The van der Waals surface area contributed by atoms with Crippen LogP contribution in [0.4, 0.5) is 0 Å². The molecular formula is C10H10N4. The molecule has 0 fully saturated rings. The van der Waals surface area contributed by atoms with E-state index in [9.17, 15) is 0 Å². The first-order valence-corrected chi connectivity index (χ1v) is 4.63. The zero-order valence-corrected chi connectivity index (χ0v) is 7.64. The topological polar surface area (TPSA) is 42.7 Å². The van der Waals surface area contributed by atoms with E-state index in [0.717, 1.165) is 18.9 Å². The molecule has 1 N–H and O–H groups in total. The Kier molecular flexibility index (Phi) is 1.61. The highest BCUT2D eigenvalue weighted by molar-refractivity contribution is 5.30. The molecule has 1 aliphatic rings. The molecule has 0 radical (unpaired) electrons. The number of rotatable bonds is 1. The second-order valence-electron chi connectivity index (χ2n) is 3.32. The molecule has 3 rings (SSSR count). The molecule has 2 aromatic rings. The van der Waals surface area contributed by atoms with E-state index in [1.54, 1.807) is 6.20 Å². The van der Waals surface area contributed by atoms with Crippen LogP contribution in [0.15, 0.2) is 30.6 Å². The molecule has 0 atom stereocenters. The molecule has 3 heterocycles. The minimum absolute atomic E-state index is 0.881. The molecule has 0 saturated carbocycles. The highest BCUT2D eigenvalue weighted by Crippen LogP contribution is 2.17. The number of hydrogen-bond acceptors (Lipinski definition) is 3. The lowest BCUT2D eigenvalue weighted by Gasteiger charge is -2.02. The fourth-order valence-corrected chi connectivity index (χ4v) is 1.74. The van der Waals surface area contributed by atoms with E-state index >= 15 is 0 Å². The molecule has 0 spiro atoms. The molecule has 4 nitrogen and oxygen atoms in total. The predicted octanol–water partition coefficient (Wildman–Crippen LogP) is 0.871. The first-order chi connectivity index (χ1) is 6.95. The van der Waals surface area contributed by atoms with Gasteiger partial charge in [-0.05, 0) is 12.1 Å². The summed E-state index contributed by atoms with van der Waals surface area (Å²) < 4.78 is 1.90. The zero-order valence-electron chi connectivity index (χ0n) is 7.64. The Morgan fingerprint density at radius 1 is 1.29 bits per heavy atom.